The minimum absolute atomic E-state index is 0. The Morgan fingerprint density at radius 3 is 2.67 bits per heavy atom. The van der Waals surface area contributed by atoms with Crippen LogP contribution < -0.4 is 10.6 Å². The summed E-state index contributed by atoms with van der Waals surface area (Å²) in [4.78, 5) is 6.77. The van der Waals surface area contributed by atoms with Gasteiger partial charge in [-0.3, -0.25) is 9.89 Å². The topological polar surface area (TPSA) is 39.7 Å². The van der Waals surface area contributed by atoms with Crippen molar-refractivity contribution in [2.24, 2.45) is 10.9 Å². The third-order valence-corrected chi connectivity index (χ3v) is 4.37. The van der Waals surface area contributed by atoms with Crippen molar-refractivity contribution in [2.75, 3.05) is 26.7 Å². The van der Waals surface area contributed by atoms with E-state index in [0.29, 0.717) is 6.54 Å². The molecule has 0 amide bonds. The van der Waals surface area contributed by atoms with E-state index in [1.807, 2.05) is 6.08 Å². The molecule has 0 radical (unpaired) electrons. The maximum atomic E-state index is 4.20. The van der Waals surface area contributed by atoms with Gasteiger partial charge in [0.25, 0.3) is 0 Å². The van der Waals surface area contributed by atoms with Gasteiger partial charge in [-0.1, -0.05) is 37.3 Å². The van der Waals surface area contributed by atoms with Crippen molar-refractivity contribution in [3.05, 3.63) is 48.0 Å². The Morgan fingerprint density at radius 2 is 2.00 bits per heavy atom. The van der Waals surface area contributed by atoms with Gasteiger partial charge in [0.2, 0.25) is 0 Å². The first kappa shape index (κ1) is 21.0. The van der Waals surface area contributed by atoms with Crippen molar-refractivity contribution in [1.29, 1.82) is 0 Å². The number of rotatable bonds is 6. The molecule has 1 aliphatic heterocycles. The average molecular weight is 442 g/mol. The largest absolute Gasteiger partial charge is 0.353 e. The van der Waals surface area contributed by atoms with Gasteiger partial charge in [-0.15, -0.1) is 30.6 Å². The van der Waals surface area contributed by atoms with Crippen LogP contribution in [-0.2, 0) is 13.1 Å². The van der Waals surface area contributed by atoms with Crippen molar-refractivity contribution in [2.45, 2.75) is 32.9 Å². The Kier molecular flexibility index (Phi) is 10.0. The summed E-state index contributed by atoms with van der Waals surface area (Å²) in [5.74, 6) is 1.69. The Hall–Kier alpha value is -1.08. The standard InChI is InChI=1S/C19H30N4.HI/c1-4-10-21-19(20-3)22-14-17-6-5-7-18(13-17)15-23-11-8-16(2)9-12-23;/h4-7,13,16H,1,8-12,14-15H2,2-3H3,(H2,20,21,22);1H. The predicted molar refractivity (Wildman–Crippen MR) is 114 cm³/mol. The summed E-state index contributed by atoms with van der Waals surface area (Å²) in [5.41, 5.74) is 2.68. The number of likely N-dealkylation sites (tertiary alicyclic amines) is 1. The third-order valence-electron chi connectivity index (χ3n) is 4.37. The highest BCUT2D eigenvalue weighted by atomic mass is 127. The highest BCUT2D eigenvalue weighted by Crippen LogP contribution is 2.18. The highest BCUT2D eigenvalue weighted by molar-refractivity contribution is 14.0. The van der Waals surface area contributed by atoms with Crippen LogP contribution in [-0.4, -0.2) is 37.5 Å². The molecule has 1 aromatic carbocycles. The Balaban J connectivity index is 0.00000288. The molecule has 1 heterocycles. The number of halogens is 1. The molecule has 0 bridgehead atoms. The molecule has 0 spiro atoms. The fourth-order valence-electron chi connectivity index (χ4n) is 2.89. The molecule has 5 heteroatoms. The molecule has 1 aromatic rings. The summed E-state index contributed by atoms with van der Waals surface area (Å²) in [5, 5.41) is 6.52. The van der Waals surface area contributed by atoms with Gasteiger partial charge < -0.3 is 10.6 Å². The van der Waals surface area contributed by atoms with Crippen LogP contribution in [0.1, 0.15) is 30.9 Å². The molecular weight excluding hydrogens is 411 g/mol. The maximum absolute atomic E-state index is 4.20. The number of nitrogens with zero attached hydrogens (tertiary/aromatic N) is 2. The second kappa shape index (κ2) is 11.5. The van der Waals surface area contributed by atoms with Crippen LogP contribution in [0.2, 0.25) is 0 Å². The fourth-order valence-corrected chi connectivity index (χ4v) is 2.89. The van der Waals surface area contributed by atoms with E-state index in [4.69, 9.17) is 0 Å². The maximum Gasteiger partial charge on any atom is 0.191 e. The molecule has 1 aliphatic rings. The molecule has 0 atom stereocenters. The van der Waals surface area contributed by atoms with Gasteiger partial charge in [-0.05, 0) is 43.0 Å². The summed E-state index contributed by atoms with van der Waals surface area (Å²) in [7, 11) is 1.78. The van der Waals surface area contributed by atoms with E-state index in [9.17, 15) is 0 Å². The monoisotopic (exact) mass is 442 g/mol. The number of guanidine groups is 1. The smallest absolute Gasteiger partial charge is 0.191 e. The molecule has 24 heavy (non-hydrogen) atoms. The zero-order chi connectivity index (χ0) is 16.5. The minimum Gasteiger partial charge on any atom is -0.353 e. The molecule has 2 N–H and O–H groups in total. The number of nitrogens with one attached hydrogen (secondary N) is 2. The van der Waals surface area contributed by atoms with Crippen LogP contribution in [0.5, 0.6) is 0 Å². The SMILES string of the molecule is C=CCNC(=NC)NCc1cccc(CN2CCC(C)CC2)c1.I. The zero-order valence-corrected chi connectivity index (χ0v) is 17.3. The molecule has 1 saturated heterocycles. The highest BCUT2D eigenvalue weighted by Gasteiger charge is 2.15. The molecule has 0 aliphatic carbocycles. The molecule has 1 fully saturated rings. The molecular formula is C19H31IN4. The van der Waals surface area contributed by atoms with Gasteiger partial charge in [-0.25, -0.2) is 0 Å². The number of hydrogen-bond donors (Lipinski definition) is 2. The molecule has 2 rings (SSSR count). The van der Waals surface area contributed by atoms with Gasteiger partial charge >= 0.3 is 0 Å². The fraction of sp³-hybridized carbons (Fsp3) is 0.526. The predicted octanol–water partition coefficient (Wildman–Crippen LogP) is 3.39. The number of benzene rings is 1. The Bertz CT molecular complexity index is 522. The second-order valence-corrected chi connectivity index (χ2v) is 6.37. The van der Waals surface area contributed by atoms with E-state index < -0.39 is 0 Å². The van der Waals surface area contributed by atoms with Gasteiger partial charge in [0.15, 0.2) is 5.96 Å². The average Bonchev–Trinajstić information content (AvgIpc) is 2.57. The number of aliphatic imine (C=N–C) groups is 1. The van der Waals surface area contributed by atoms with Crippen LogP contribution in [0.3, 0.4) is 0 Å². The lowest BCUT2D eigenvalue weighted by atomic mass is 9.98. The van der Waals surface area contributed by atoms with E-state index in [1.165, 1.54) is 37.1 Å². The molecule has 0 unspecified atom stereocenters. The third kappa shape index (κ3) is 7.21. The normalized spacial score (nSPS) is 16.3. The molecule has 134 valence electrons. The van der Waals surface area contributed by atoms with Gasteiger partial charge in [-0.2, -0.15) is 0 Å². The van der Waals surface area contributed by atoms with Crippen LogP contribution in [0.25, 0.3) is 0 Å². The first-order valence-electron chi connectivity index (χ1n) is 8.57. The van der Waals surface area contributed by atoms with Crippen molar-refractivity contribution in [3.63, 3.8) is 0 Å². The minimum atomic E-state index is 0. The van der Waals surface area contributed by atoms with Gasteiger partial charge in [0.1, 0.15) is 0 Å². The van der Waals surface area contributed by atoms with E-state index >= 15 is 0 Å². The summed E-state index contributed by atoms with van der Waals surface area (Å²) in [6.07, 6.45) is 4.48. The lowest BCUT2D eigenvalue weighted by Gasteiger charge is -2.30. The van der Waals surface area contributed by atoms with E-state index in [-0.39, 0.29) is 24.0 Å². The molecule has 4 nitrogen and oxygen atoms in total. The number of piperidine rings is 1. The van der Waals surface area contributed by atoms with E-state index in [2.05, 4.69) is 58.3 Å². The summed E-state index contributed by atoms with van der Waals surface area (Å²) < 4.78 is 0. The lowest BCUT2D eigenvalue weighted by Crippen LogP contribution is -2.36. The first-order valence-corrected chi connectivity index (χ1v) is 8.57. The van der Waals surface area contributed by atoms with Crippen molar-refractivity contribution in [1.82, 2.24) is 15.5 Å². The summed E-state index contributed by atoms with van der Waals surface area (Å²) >= 11 is 0. The van der Waals surface area contributed by atoms with Crippen LogP contribution in [0.4, 0.5) is 0 Å². The van der Waals surface area contributed by atoms with Crippen molar-refractivity contribution < 1.29 is 0 Å². The second-order valence-electron chi connectivity index (χ2n) is 6.37. The van der Waals surface area contributed by atoms with Crippen LogP contribution in [0, 0.1) is 5.92 Å². The first-order chi connectivity index (χ1) is 11.2. The van der Waals surface area contributed by atoms with Gasteiger partial charge in [0, 0.05) is 26.7 Å². The van der Waals surface area contributed by atoms with Gasteiger partial charge in [0.05, 0.1) is 0 Å². The van der Waals surface area contributed by atoms with E-state index in [1.54, 1.807) is 7.05 Å². The van der Waals surface area contributed by atoms with Crippen LogP contribution >= 0.6 is 24.0 Å². The Morgan fingerprint density at radius 1 is 1.29 bits per heavy atom. The zero-order valence-electron chi connectivity index (χ0n) is 14.9. The van der Waals surface area contributed by atoms with Crippen LogP contribution in [0.15, 0.2) is 41.9 Å². The lowest BCUT2D eigenvalue weighted by molar-refractivity contribution is 0.185. The summed E-state index contributed by atoms with van der Waals surface area (Å²) in [6.45, 7) is 11.1. The number of hydrogen-bond acceptors (Lipinski definition) is 2. The Labute approximate surface area is 163 Å². The molecule has 0 saturated carbocycles. The quantitative estimate of drug-likeness (QED) is 0.307. The van der Waals surface area contributed by atoms with Crippen molar-refractivity contribution in [3.8, 4) is 0 Å². The van der Waals surface area contributed by atoms with E-state index in [0.717, 1.165) is 25.0 Å². The summed E-state index contributed by atoms with van der Waals surface area (Å²) in [6, 6.07) is 8.84. The van der Waals surface area contributed by atoms with Crippen molar-refractivity contribution >= 4 is 29.9 Å². The molecule has 0 aromatic heterocycles.